The highest BCUT2D eigenvalue weighted by molar-refractivity contribution is 6.20. The minimum absolute atomic E-state index is 1.24. The zero-order chi connectivity index (χ0) is 13.8. The summed E-state index contributed by atoms with van der Waals surface area (Å²) in [7, 11) is 0. The Hall–Kier alpha value is -2.34. The molecule has 0 fully saturated rings. The van der Waals surface area contributed by atoms with Crippen LogP contribution in [0.3, 0.4) is 0 Å². The molecule has 0 amide bonds. The molecule has 4 aromatic carbocycles. The second kappa shape index (κ2) is 4.08. The lowest BCUT2D eigenvalue weighted by Gasteiger charge is -2.11. The maximum Gasteiger partial charge on any atom is -0.00267 e. The van der Waals surface area contributed by atoms with Crippen LogP contribution in [-0.2, 0) is 12.8 Å². The Morgan fingerprint density at radius 1 is 0.571 bits per heavy atom. The van der Waals surface area contributed by atoms with Crippen LogP contribution in [0.15, 0.2) is 60.7 Å². The van der Waals surface area contributed by atoms with Crippen molar-refractivity contribution in [2.24, 2.45) is 0 Å². The van der Waals surface area contributed by atoms with Crippen molar-refractivity contribution in [3.05, 3.63) is 71.8 Å². The molecular weight excluding hydrogens is 252 g/mol. The summed E-state index contributed by atoms with van der Waals surface area (Å²) in [5.74, 6) is 0. The van der Waals surface area contributed by atoms with Crippen LogP contribution in [0.25, 0.3) is 32.3 Å². The fourth-order valence-corrected chi connectivity index (χ4v) is 4.00. The second-order valence-electron chi connectivity index (χ2n) is 6.10. The average Bonchev–Trinajstić information content (AvgIpc) is 3.03. The quantitative estimate of drug-likeness (QED) is 0.362. The Labute approximate surface area is 124 Å². The van der Waals surface area contributed by atoms with Gasteiger partial charge in [-0.25, -0.2) is 0 Å². The van der Waals surface area contributed by atoms with Crippen LogP contribution in [0.5, 0.6) is 0 Å². The van der Waals surface area contributed by atoms with E-state index in [9.17, 15) is 0 Å². The van der Waals surface area contributed by atoms with E-state index in [4.69, 9.17) is 0 Å². The lowest BCUT2D eigenvalue weighted by molar-refractivity contribution is 0.913. The van der Waals surface area contributed by atoms with E-state index in [1.54, 1.807) is 11.1 Å². The summed E-state index contributed by atoms with van der Waals surface area (Å²) in [6, 6.07) is 22.5. The third-order valence-electron chi connectivity index (χ3n) is 4.99. The van der Waals surface area contributed by atoms with Crippen molar-refractivity contribution in [2.45, 2.75) is 19.3 Å². The van der Waals surface area contributed by atoms with Crippen LogP contribution < -0.4 is 0 Å². The molecule has 0 nitrogen and oxygen atoms in total. The average molecular weight is 268 g/mol. The van der Waals surface area contributed by atoms with Crippen molar-refractivity contribution < 1.29 is 0 Å². The molecule has 0 radical (unpaired) electrons. The van der Waals surface area contributed by atoms with E-state index in [2.05, 4.69) is 60.7 Å². The third-order valence-corrected chi connectivity index (χ3v) is 4.99. The monoisotopic (exact) mass is 268 g/mol. The molecule has 1 aliphatic rings. The molecule has 0 heteroatoms. The van der Waals surface area contributed by atoms with Gasteiger partial charge in [-0.05, 0) is 62.7 Å². The fourth-order valence-electron chi connectivity index (χ4n) is 4.00. The number of hydrogen-bond donors (Lipinski definition) is 0. The Kier molecular flexibility index (Phi) is 2.20. The maximum absolute atomic E-state index is 2.35. The van der Waals surface area contributed by atoms with Crippen molar-refractivity contribution in [3.8, 4) is 0 Å². The van der Waals surface area contributed by atoms with Gasteiger partial charge in [0, 0.05) is 0 Å². The molecule has 0 unspecified atom stereocenters. The SMILES string of the molecule is c1ccc2c(c1)ccc1ccc3c4c(ccc3c12)CCC4. The summed E-state index contributed by atoms with van der Waals surface area (Å²) in [5.41, 5.74) is 3.14. The second-order valence-corrected chi connectivity index (χ2v) is 6.10. The summed E-state index contributed by atoms with van der Waals surface area (Å²) in [6.07, 6.45) is 3.80. The first-order valence-electron chi connectivity index (χ1n) is 7.77. The fraction of sp³-hybridized carbons (Fsp3) is 0.143. The molecule has 0 heterocycles. The molecule has 0 bridgehead atoms. The lowest BCUT2D eigenvalue weighted by atomic mass is 9.93. The van der Waals surface area contributed by atoms with Gasteiger partial charge in [0.1, 0.15) is 0 Å². The van der Waals surface area contributed by atoms with Crippen LogP contribution in [-0.4, -0.2) is 0 Å². The van der Waals surface area contributed by atoms with E-state index >= 15 is 0 Å². The van der Waals surface area contributed by atoms with E-state index in [-0.39, 0.29) is 0 Å². The standard InChI is InChI=1S/C21H16/c1-2-6-18-15(4-1)8-9-16-11-12-19-17-7-3-5-14(17)10-13-20(19)21(16)18/h1-2,4,6,8-13H,3,5,7H2. The highest BCUT2D eigenvalue weighted by Gasteiger charge is 2.15. The van der Waals surface area contributed by atoms with Crippen LogP contribution in [0.4, 0.5) is 0 Å². The molecule has 0 saturated heterocycles. The molecule has 0 aromatic heterocycles. The Balaban J connectivity index is 2.06. The van der Waals surface area contributed by atoms with Gasteiger partial charge in [0.15, 0.2) is 0 Å². The number of aryl methyl sites for hydroxylation is 2. The maximum atomic E-state index is 2.35. The molecule has 0 atom stereocenters. The van der Waals surface area contributed by atoms with Gasteiger partial charge in [-0.2, -0.15) is 0 Å². The first-order valence-corrected chi connectivity index (χ1v) is 7.77. The van der Waals surface area contributed by atoms with Crippen molar-refractivity contribution in [3.63, 3.8) is 0 Å². The van der Waals surface area contributed by atoms with Gasteiger partial charge < -0.3 is 0 Å². The molecule has 21 heavy (non-hydrogen) atoms. The van der Waals surface area contributed by atoms with Gasteiger partial charge in [0.05, 0.1) is 0 Å². The van der Waals surface area contributed by atoms with Crippen molar-refractivity contribution in [1.29, 1.82) is 0 Å². The van der Waals surface area contributed by atoms with Gasteiger partial charge in [-0.1, -0.05) is 60.7 Å². The summed E-state index contributed by atoms with van der Waals surface area (Å²) >= 11 is 0. The third kappa shape index (κ3) is 1.50. The Morgan fingerprint density at radius 3 is 2.38 bits per heavy atom. The first-order chi connectivity index (χ1) is 10.4. The van der Waals surface area contributed by atoms with E-state index in [0.717, 1.165) is 0 Å². The summed E-state index contributed by atoms with van der Waals surface area (Å²) in [4.78, 5) is 0. The lowest BCUT2D eigenvalue weighted by Crippen LogP contribution is -1.87. The van der Waals surface area contributed by atoms with E-state index in [0.29, 0.717) is 0 Å². The summed E-state index contributed by atoms with van der Waals surface area (Å²) < 4.78 is 0. The summed E-state index contributed by atoms with van der Waals surface area (Å²) in [6.45, 7) is 0. The topological polar surface area (TPSA) is 0 Å². The van der Waals surface area contributed by atoms with Crippen molar-refractivity contribution in [1.82, 2.24) is 0 Å². The molecule has 0 spiro atoms. The van der Waals surface area contributed by atoms with E-state index in [1.807, 2.05) is 0 Å². The van der Waals surface area contributed by atoms with Gasteiger partial charge in [0.2, 0.25) is 0 Å². The van der Waals surface area contributed by atoms with Gasteiger partial charge in [-0.15, -0.1) is 0 Å². The van der Waals surface area contributed by atoms with Gasteiger partial charge >= 0.3 is 0 Å². The van der Waals surface area contributed by atoms with Crippen molar-refractivity contribution >= 4 is 32.3 Å². The molecule has 0 N–H and O–H groups in total. The first kappa shape index (κ1) is 11.3. The zero-order valence-corrected chi connectivity index (χ0v) is 11.9. The minimum atomic E-state index is 1.24. The number of fused-ring (bicyclic) bond motifs is 7. The van der Waals surface area contributed by atoms with Crippen LogP contribution >= 0.6 is 0 Å². The van der Waals surface area contributed by atoms with Crippen LogP contribution in [0, 0.1) is 0 Å². The highest BCUT2D eigenvalue weighted by atomic mass is 14.2. The Bertz CT molecular complexity index is 1010. The molecule has 100 valence electrons. The predicted octanol–water partition coefficient (Wildman–Crippen LogP) is 5.63. The Morgan fingerprint density at radius 2 is 1.38 bits per heavy atom. The predicted molar refractivity (Wildman–Crippen MR) is 91.0 cm³/mol. The van der Waals surface area contributed by atoms with E-state index < -0.39 is 0 Å². The van der Waals surface area contributed by atoms with Crippen molar-refractivity contribution in [2.75, 3.05) is 0 Å². The molecule has 0 aliphatic heterocycles. The van der Waals surface area contributed by atoms with Crippen LogP contribution in [0.1, 0.15) is 17.5 Å². The number of hydrogen-bond acceptors (Lipinski definition) is 0. The largest absolute Gasteiger partial charge is 0.0616 e. The molecular formula is C21H16. The molecule has 0 saturated carbocycles. The smallest absolute Gasteiger partial charge is 0.00267 e. The van der Waals surface area contributed by atoms with Gasteiger partial charge in [-0.3, -0.25) is 0 Å². The minimum Gasteiger partial charge on any atom is -0.0616 e. The van der Waals surface area contributed by atoms with Gasteiger partial charge in [0.25, 0.3) is 0 Å². The molecule has 1 aliphatic carbocycles. The number of rotatable bonds is 0. The number of benzene rings is 4. The zero-order valence-electron chi connectivity index (χ0n) is 11.9. The highest BCUT2D eigenvalue weighted by Crippen LogP contribution is 2.36. The summed E-state index contributed by atoms with van der Waals surface area (Å²) in [5, 5.41) is 8.36. The molecule has 5 rings (SSSR count). The normalized spacial score (nSPS) is 14.1. The van der Waals surface area contributed by atoms with Crippen LogP contribution in [0.2, 0.25) is 0 Å². The van der Waals surface area contributed by atoms with E-state index in [1.165, 1.54) is 51.6 Å². The molecule has 4 aromatic rings.